The molecule has 0 aliphatic carbocycles. The van der Waals surface area contributed by atoms with Crippen molar-refractivity contribution in [3.8, 4) is 11.5 Å². The van der Waals surface area contributed by atoms with Crippen LogP contribution >= 0.6 is 34.8 Å². The number of rotatable bonds is 5. The number of pyridine rings is 1. The van der Waals surface area contributed by atoms with Gasteiger partial charge in [0.15, 0.2) is 0 Å². The van der Waals surface area contributed by atoms with E-state index >= 15 is 0 Å². The third-order valence-corrected chi connectivity index (χ3v) is 6.24. The molecule has 0 unspecified atom stereocenters. The van der Waals surface area contributed by atoms with E-state index in [9.17, 15) is 4.79 Å². The zero-order valence-electron chi connectivity index (χ0n) is 17.2. The van der Waals surface area contributed by atoms with Crippen LogP contribution in [0.5, 0.6) is 0 Å². The fraction of sp³-hybridized carbons (Fsp3) is 0.0833. The Morgan fingerprint density at radius 1 is 1.09 bits per heavy atom. The van der Waals surface area contributed by atoms with Gasteiger partial charge < -0.3 is 9.09 Å². The van der Waals surface area contributed by atoms with Crippen LogP contribution in [-0.4, -0.2) is 25.5 Å². The minimum atomic E-state index is -0.435. The average Bonchev–Trinajstić information content (AvgIpc) is 3.39. The molecule has 0 fully saturated rings. The smallest absolute Gasteiger partial charge is 0.259 e. The number of hydrogen-bond donors (Lipinski definition) is 0. The van der Waals surface area contributed by atoms with Crippen LogP contribution < -0.4 is 0 Å². The lowest BCUT2D eigenvalue weighted by Gasteiger charge is -2.10. The number of benzene rings is 2. The molecule has 3 aromatic heterocycles. The molecular formula is C24H15Cl3N4O2. The summed E-state index contributed by atoms with van der Waals surface area (Å²) in [4.78, 5) is 21.8. The SMILES string of the molecule is Cc1ccc2c(c1)c(C(=O)c1noc(-c3cccnc3)n1)c(Cl)n2Cc1ccc(Cl)cc1Cl. The van der Waals surface area contributed by atoms with Gasteiger partial charge in [-0.1, -0.05) is 57.7 Å². The Morgan fingerprint density at radius 2 is 1.94 bits per heavy atom. The summed E-state index contributed by atoms with van der Waals surface area (Å²) in [7, 11) is 0. The minimum absolute atomic E-state index is 0.0826. The van der Waals surface area contributed by atoms with Crippen molar-refractivity contribution in [1.82, 2.24) is 19.7 Å². The molecule has 0 spiro atoms. The summed E-state index contributed by atoms with van der Waals surface area (Å²) in [6.45, 7) is 2.30. The molecule has 6 nitrogen and oxygen atoms in total. The second kappa shape index (κ2) is 8.63. The van der Waals surface area contributed by atoms with Crippen molar-refractivity contribution >= 4 is 51.5 Å². The summed E-state index contributed by atoms with van der Waals surface area (Å²) in [5, 5.41) is 5.90. The first-order valence-corrected chi connectivity index (χ1v) is 11.1. The van der Waals surface area contributed by atoms with Gasteiger partial charge >= 0.3 is 0 Å². The van der Waals surface area contributed by atoms with Gasteiger partial charge in [0.05, 0.1) is 23.2 Å². The van der Waals surface area contributed by atoms with E-state index in [4.69, 9.17) is 39.3 Å². The van der Waals surface area contributed by atoms with E-state index < -0.39 is 5.78 Å². The number of nitrogens with zero attached hydrogens (tertiary/aromatic N) is 4. The molecule has 0 aliphatic heterocycles. The van der Waals surface area contributed by atoms with Gasteiger partial charge in [-0.05, 0) is 48.9 Å². The Kier molecular flexibility index (Phi) is 5.66. The monoisotopic (exact) mass is 496 g/mol. The standard InChI is InChI=1S/C24H15Cl3N4O2/c1-13-4-7-19-17(9-13)20(22(27)31(19)12-15-5-6-16(25)10-18(15)26)21(32)23-29-24(33-30-23)14-3-2-8-28-11-14/h2-11H,12H2,1H3. The number of aryl methyl sites for hydroxylation is 1. The molecule has 3 heterocycles. The molecule has 5 rings (SSSR count). The highest BCUT2D eigenvalue weighted by Gasteiger charge is 2.27. The Morgan fingerprint density at radius 3 is 2.70 bits per heavy atom. The summed E-state index contributed by atoms with van der Waals surface area (Å²) >= 11 is 19.2. The molecule has 0 bridgehead atoms. The van der Waals surface area contributed by atoms with Gasteiger partial charge in [0.25, 0.3) is 5.89 Å². The molecule has 0 saturated carbocycles. The van der Waals surface area contributed by atoms with Crippen molar-refractivity contribution in [2.24, 2.45) is 0 Å². The fourth-order valence-corrected chi connectivity index (χ4v) is 4.47. The van der Waals surface area contributed by atoms with Gasteiger partial charge in [0.1, 0.15) is 5.15 Å². The Bertz CT molecular complexity index is 1510. The van der Waals surface area contributed by atoms with Gasteiger partial charge in [-0.3, -0.25) is 9.78 Å². The van der Waals surface area contributed by atoms with Crippen molar-refractivity contribution in [3.05, 3.63) is 98.6 Å². The van der Waals surface area contributed by atoms with Crippen molar-refractivity contribution in [1.29, 1.82) is 0 Å². The van der Waals surface area contributed by atoms with Crippen molar-refractivity contribution < 1.29 is 9.32 Å². The van der Waals surface area contributed by atoms with E-state index in [1.807, 2.05) is 35.8 Å². The number of aromatic nitrogens is 4. The molecule has 0 aliphatic rings. The highest BCUT2D eigenvalue weighted by molar-refractivity contribution is 6.37. The molecule has 0 amide bonds. The van der Waals surface area contributed by atoms with Crippen LogP contribution in [0, 0.1) is 6.92 Å². The van der Waals surface area contributed by atoms with E-state index in [2.05, 4.69) is 15.1 Å². The second-order valence-corrected chi connectivity index (χ2v) is 8.70. The largest absolute Gasteiger partial charge is 0.333 e. The molecule has 0 atom stereocenters. The highest BCUT2D eigenvalue weighted by atomic mass is 35.5. The van der Waals surface area contributed by atoms with Crippen LogP contribution in [0.1, 0.15) is 27.3 Å². The van der Waals surface area contributed by atoms with Gasteiger partial charge in [0, 0.05) is 27.8 Å². The summed E-state index contributed by atoms with van der Waals surface area (Å²) in [6.07, 6.45) is 3.22. The predicted octanol–water partition coefficient (Wildman–Crippen LogP) is 6.63. The molecule has 33 heavy (non-hydrogen) atoms. The van der Waals surface area contributed by atoms with E-state index in [1.165, 1.54) is 0 Å². The van der Waals surface area contributed by atoms with Gasteiger partial charge in [0.2, 0.25) is 11.6 Å². The normalized spacial score (nSPS) is 11.3. The Labute approximate surface area is 203 Å². The van der Waals surface area contributed by atoms with E-state index in [0.717, 1.165) is 16.6 Å². The first-order valence-electron chi connectivity index (χ1n) is 9.93. The van der Waals surface area contributed by atoms with Crippen LogP contribution in [0.3, 0.4) is 0 Å². The van der Waals surface area contributed by atoms with Crippen LogP contribution in [0.15, 0.2) is 65.4 Å². The van der Waals surface area contributed by atoms with Gasteiger partial charge in [-0.15, -0.1) is 0 Å². The molecule has 0 radical (unpaired) electrons. The van der Waals surface area contributed by atoms with Crippen LogP contribution in [-0.2, 0) is 6.54 Å². The average molecular weight is 498 g/mol. The number of hydrogen-bond acceptors (Lipinski definition) is 5. The topological polar surface area (TPSA) is 73.8 Å². The molecule has 0 N–H and O–H groups in total. The molecule has 2 aromatic carbocycles. The van der Waals surface area contributed by atoms with E-state index in [-0.39, 0.29) is 16.9 Å². The molecule has 164 valence electrons. The summed E-state index contributed by atoms with van der Waals surface area (Å²) in [6, 6.07) is 14.6. The lowest BCUT2D eigenvalue weighted by Crippen LogP contribution is -2.06. The first-order chi connectivity index (χ1) is 15.9. The molecule has 5 aromatic rings. The summed E-state index contributed by atoms with van der Waals surface area (Å²) < 4.78 is 7.13. The van der Waals surface area contributed by atoms with Crippen LogP contribution in [0.25, 0.3) is 22.4 Å². The first kappa shape index (κ1) is 21.6. The summed E-state index contributed by atoms with van der Waals surface area (Å²) in [5.74, 6) is -0.313. The van der Waals surface area contributed by atoms with Gasteiger partial charge in [-0.25, -0.2) is 0 Å². The maximum absolute atomic E-state index is 13.5. The molecular weight excluding hydrogens is 483 g/mol. The Hall–Kier alpha value is -3.19. The lowest BCUT2D eigenvalue weighted by molar-refractivity contribution is 0.102. The van der Waals surface area contributed by atoms with Crippen molar-refractivity contribution in [3.63, 3.8) is 0 Å². The van der Waals surface area contributed by atoms with Gasteiger partial charge in [-0.2, -0.15) is 4.98 Å². The lowest BCUT2D eigenvalue weighted by atomic mass is 10.1. The quantitative estimate of drug-likeness (QED) is 0.255. The zero-order valence-corrected chi connectivity index (χ0v) is 19.5. The van der Waals surface area contributed by atoms with Crippen molar-refractivity contribution in [2.75, 3.05) is 0 Å². The number of halogens is 3. The third-order valence-electron chi connectivity index (χ3n) is 5.26. The van der Waals surface area contributed by atoms with E-state index in [0.29, 0.717) is 33.1 Å². The number of carbonyl (C=O) groups excluding carboxylic acids is 1. The Balaban J connectivity index is 1.61. The fourth-order valence-electron chi connectivity index (χ4n) is 3.66. The maximum atomic E-state index is 13.5. The predicted molar refractivity (Wildman–Crippen MR) is 128 cm³/mol. The number of fused-ring (bicyclic) bond motifs is 1. The zero-order chi connectivity index (χ0) is 23.1. The highest BCUT2D eigenvalue weighted by Crippen LogP contribution is 2.34. The molecule has 0 saturated heterocycles. The maximum Gasteiger partial charge on any atom is 0.259 e. The minimum Gasteiger partial charge on any atom is -0.333 e. The number of carbonyl (C=O) groups is 1. The van der Waals surface area contributed by atoms with Crippen LogP contribution in [0.4, 0.5) is 0 Å². The van der Waals surface area contributed by atoms with Crippen molar-refractivity contribution in [2.45, 2.75) is 13.5 Å². The second-order valence-electron chi connectivity index (χ2n) is 7.50. The van der Waals surface area contributed by atoms with Crippen LogP contribution in [0.2, 0.25) is 15.2 Å². The third kappa shape index (κ3) is 4.02. The van der Waals surface area contributed by atoms with E-state index in [1.54, 1.807) is 36.7 Å². The summed E-state index contributed by atoms with van der Waals surface area (Å²) in [5.41, 5.74) is 3.51. The number of ketones is 1. The molecule has 9 heteroatoms.